The zero-order chi connectivity index (χ0) is 25.1. The standard InChI is InChI=1S/C27H29ClFN5O2/c1-18-6-2-3-10-33(18)11-4-7-26(35)34-12-5-13-36-25-16-23-20(15-24(25)34)27(31-17-30-23)32-19-8-9-22(29)21(28)14-19/h4,7-9,14-18H,2-3,5-6,10-13H2,1H3,(H,30,31,32). The first-order chi connectivity index (χ1) is 17.5. The molecule has 0 saturated carbocycles. The molecule has 3 heterocycles. The number of benzene rings is 2. The van der Waals surface area contributed by atoms with Crippen LogP contribution in [0.4, 0.5) is 21.6 Å². The largest absolute Gasteiger partial charge is 0.491 e. The monoisotopic (exact) mass is 509 g/mol. The van der Waals surface area contributed by atoms with E-state index in [1.165, 1.54) is 37.7 Å². The summed E-state index contributed by atoms with van der Waals surface area (Å²) in [5.74, 6) is 0.564. The Labute approximate surface area is 214 Å². The first kappa shape index (κ1) is 24.5. The van der Waals surface area contributed by atoms with Gasteiger partial charge < -0.3 is 15.0 Å². The minimum atomic E-state index is -0.491. The van der Waals surface area contributed by atoms with E-state index in [1.54, 1.807) is 17.0 Å². The lowest BCUT2D eigenvalue weighted by molar-refractivity contribution is -0.114. The Morgan fingerprint density at radius 3 is 2.94 bits per heavy atom. The van der Waals surface area contributed by atoms with Crippen LogP contribution < -0.4 is 15.0 Å². The molecule has 2 aliphatic heterocycles. The van der Waals surface area contributed by atoms with Crippen molar-refractivity contribution in [2.45, 2.75) is 38.6 Å². The second-order valence-electron chi connectivity index (χ2n) is 9.25. The van der Waals surface area contributed by atoms with Gasteiger partial charge in [0.05, 0.1) is 22.8 Å². The maximum atomic E-state index is 13.6. The first-order valence-corrected chi connectivity index (χ1v) is 12.7. The third-order valence-corrected chi connectivity index (χ3v) is 7.07. The minimum absolute atomic E-state index is 0.0168. The Kier molecular flexibility index (Phi) is 7.34. The topological polar surface area (TPSA) is 70.6 Å². The third kappa shape index (κ3) is 5.29. The van der Waals surface area contributed by atoms with E-state index in [1.807, 2.05) is 18.2 Å². The van der Waals surface area contributed by atoms with E-state index in [2.05, 4.69) is 27.1 Å². The van der Waals surface area contributed by atoms with Gasteiger partial charge >= 0.3 is 0 Å². The molecule has 2 aliphatic rings. The number of rotatable bonds is 5. The number of halogens is 2. The molecule has 0 bridgehead atoms. The molecular formula is C27H29ClFN5O2. The Bertz CT molecular complexity index is 1300. The molecule has 7 nitrogen and oxygen atoms in total. The Morgan fingerprint density at radius 2 is 2.11 bits per heavy atom. The number of nitrogens with zero attached hydrogens (tertiary/aromatic N) is 4. The van der Waals surface area contributed by atoms with Crippen LogP contribution in [0.5, 0.6) is 5.75 Å². The number of aromatic nitrogens is 2. The van der Waals surface area contributed by atoms with Gasteiger partial charge in [-0.1, -0.05) is 24.1 Å². The van der Waals surface area contributed by atoms with Gasteiger partial charge in [-0.25, -0.2) is 14.4 Å². The van der Waals surface area contributed by atoms with Crippen molar-refractivity contribution in [3.05, 3.63) is 59.7 Å². The molecule has 1 atom stereocenters. The van der Waals surface area contributed by atoms with Crippen molar-refractivity contribution in [3.63, 3.8) is 0 Å². The van der Waals surface area contributed by atoms with E-state index in [4.69, 9.17) is 16.3 Å². The summed E-state index contributed by atoms with van der Waals surface area (Å²) in [5.41, 5.74) is 1.94. The van der Waals surface area contributed by atoms with Crippen LogP contribution >= 0.6 is 11.6 Å². The summed E-state index contributed by atoms with van der Waals surface area (Å²) >= 11 is 5.95. The fraction of sp³-hybridized carbons (Fsp3) is 0.370. The number of anilines is 3. The highest BCUT2D eigenvalue weighted by Gasteiger charge is 2.23. The van der Waals surface area contributed by atoms with Crippen LogP contribution in [-0.4, -0.2) is 53.1 Å². The Balaban J connectivity index is 1.43. The summed E-state index contributed by atoms with van der Waals surface area (Å²) in [6, 6.07) is 8.64. The van der Waals surface area contributed by atoms with E-state index in [0.29, 0.717) is 53.0 Å². The lowest BCUT2D eigenvalue weighted by Crippen LogP contribution is -2.37. The molecule has 1 aromatic heterocycles. The molecule has 9 heteroatoms. The number of piperidine rings is 1. The number of carbonyl (C=O) groups excluding carboxylic acids is 1. The zero-order valence-electron chi connectivity index (χ0n) is 20.2. The van der Waals surface area contributed by atoms with Crippen molar-refractivity contribution in [2.75, 3.05) is 36.5 Å². The number of ether oxygens (including phenoxy) is 1. The second kappa shape index (κ2) is 10.8. The summed E-state index contributed by atoms with van der Waals surface area (Å²) in [6.07, 6.45) is 9.48. The molecule has 2 aromatic carbocycles. The molecule has 1 saturated heterocycles. The fourth-order valence-electron chi connectivity index (χ4n) is 4.77. The summed E-state index contributed by atoms with van der Waals surface area (Å²) in [5, 5.41) is 3.92. The van der Waals surface area contributed by atoms with Crippen LogP contribution in [0.2, 0.25) is 5.02 Å². The minimum Gasteiger partial charge on any atom is -0.491 e. The molecule has 36 heavy (non-hydrogen) atoms. The average molecular weight is 510 g/mol. The van der Waals surface area contributed by atoms with Gasteiger partial charge in [-0.05, 0) is 57.0 Å². The van der Waals surface area contributed by atoms with Crippen molar-refractivity contribution in [3.8, 4) is 5.75 Å². The molecule has 3 aromatic rings. The highest BCUT2D eigenvalue weighted by Crippen LogP contribution is 2.37. The van der Waals surface area contributed by atoms with Gasteiger partial charge in [0.25, 0.3) is 5.91 Å². The molecule has 1 amide bonds. The molecule has 0 spiro atoms. The predicted octanol–water partition coefficient (Wildman–Crippen LogP) is 5.71. The van der Waals surface area contributed by atoms with Gasteiger partial charge in [-0.15, -0.1) is 0 Å². The Hall–Kier alpha value is -3.23. The highest BCUT2D eigenvalue weighted by molar-refractivity contribution is 6.31. The van der Waals surface area contributed by atoms with Crippen LogP contribution in [0.1, 0.15) is 32.6 Å². The van der Waals surface area contributed by atoms with Gasteiger partial charge in [0, 0.05) is 42.3 Å². The lowest BCUT2D eigenvalue weighted by Gasteiger charge is -2.32. The van der Waals surface area contributed by atoms with Gasteiger partial charge in [-0.3, -0.25) is 9.69 Å². The van der Waals surface area contributed by atoms with Crippen LogP contribution in [0, 0.1) is 5.82 Å². The molecular weight excluding hydrogens is 481 g/mol. The first-order valence-electron chi connectivity index (χ1n) is 12.4. The van der Waals surface area contributed by atoms with E-state index < -0.39 is 5.82 Å². The normalized spacial score (nSPS) is 18.6. The van der Waals surface area contributed by atoms with Crippen LogP contribution in [0.15, 0.2) is 48.8 Å². The number of likely N-dealkylation sites (tertiary alicyclic amines) is 1. The third-order valence-electron chi connectivity index (χ3n) is 6.78. The number of nitrogens with one attached hydrogen (secondary N) is 1. The second-order valence-corrected chi connectivity index (χ2v) is 9.65. The average Bonchev–Trinajstić information content (AvgIpc) is 3.08. The maximum absolute atomic E-state index is 13.6. The van der Waals surface area contributed by atoms with E-state index in [9.17, 15) is 9.18 Å². The maximum Gasteiger partial charge on any atom is 0.250 e. The highest BCUT2D eigenvalue weighted by atomic mass is 35.5. The van der Waals surface area contributed by atoms with Crippen LogP contribution in [0.3, 0.4) is 0 Å². The summed E-state index contributed by atoms with van der Waals surface area (Å²) in [6.45, 7) is 5.15. The molecule has 188 valence electrons. The SMILES string of the molecule is CC1CCCCN1CC=CC(=O)N1CCCOc2cc3ncnc(Nc4ccc(F)c(Cl)c4)c3cc21. The fourth-order valence-corrected chi connectivity index (χ4v) is 4.95. The molecule has 0 radical (unpaired) electrons. The van der Waals surface area contributed by atoms with Gasteiger partial charge in [0.2, 0.25) is 0 Å². The number of hydrogen-bond donors (Lipinski definition) is 1. The van der Waals surface area contributed by atoms with Crippen molar-refractivity contribution < 1.29 is 13.9 Å². The van der Waals surface area contributed by atoms with Crippen molar-refractivity contribution >= 4 is 45.6 Å². The zero-order valence-corrected chi connectivity index (χ0v) is 21.0. The number of hydrogen-bond acceptors (Lipinski definition) is 6. The Morgan fingerprint density at radius 1 is 1.22 bits per heavy atom. The predicted molar refractivity (Wildman–Crippen MR) is 141 cm³/mol. The van der Waals surface area contributed by atoms with E-state index in [-0.39, 0.29) is 10.9 Å². The quantitative estimate of drug-likeness (QED) is 0.444. The summed E-state index contributed by atoms with van der Waals surface area (Å²) < 4.78 is 19.6. The summed E-state index contributed by atoms with van der Waals surface area (Å²) in [7, 11) is 0. The van der Waals surface area contributed by atoms with Crippen molar-refractivity contribution in [1.82, 2.24) is 14.9 Å². The van der Waals surface area contributed by atoms with E-state index >= 15 is 0 Å². The molecule has 1 fully saturated rings. The molecule has 5 rings (SSSR count). The summed E-state index contributed by atoms with van der Waals surface area (Å²) in [4.78, 5) is 26.2. The smallest absolute Gasteiger partial charge is 0.250 e. The molecule has 0 aliphatic carbocycles. The number of fused-ring (bicyclic) bond motifs is 2. The van der Waals surface area contributed by atoms with Crippen LogP contribution in [0.25, 0.3) is 10.9 Å². The lowest BCUT2D eigenvalue weighted by atomic mass is 10.0. The van der Waals surface area contributed by atoms with Gasteiger partial charge in [0.15, 0.2) is 0 Å². The van der Waals surface area contributed by atoms with Crippen molar-refractivity contribution in [1.29, 1.82) is 0 Å². The van der Waals surface area contributed by atoms with Crippen LogP contribution in [-0.2, 0) is 4.79 Å². The van der Waals surface area contributed by atoms with Gasteiger partial charge in [-0.2, -0.15) is 0 Å². The van der Waals surface area contributed by atoms with Gasteiger partial charge in [0.1, 0.15) is 23.7 Å². The van der Waals surface area contributed by atoms with E-state index in [0.717, 1.165) is 19.5 Å². The molecule has 1 N–H and O–H groups in total. The number of amides is 1. The molecule has 1 unspecified atom stereocenters. The van der Waals surface area contributed by atoms with Crippen molar-refractivity contribution in [2.24, 2.45) is 0 Å². The number of carbonyl (C=O) groups is 1.